The van der Waals surface area contributed by atoms with Crippen molar-refractivity contribution in [3.8, 4) is 11.3 Å². The fraction of sp³-hybridized carbons (Fsp3) is 0.667. The van der Waals surface area contributed by atoms with Crippen LogP contribution in [0.3, 0.4) is 0 Å². The van der Waals surface area contributed by atoms with Gasteiger partial charge in [-0.2, -0.15) is 0 Å². The second-order valence-corrected chi connectivity index (χ2v) is 12.3. The van der Waals surface area contributed by atoms with E-state index in [9.17, 15) is 38.4 Å². The number of ether oxygens (including phenoxy) is 1. The maximum Gasteiger partial charge on any atom is 0.238 e. The molecule has 1 aliphatic carbocycles. The first kappa shape index (κ1) is 30.2. The van der Waals surface area contributed by atoms with Crippen molar-refractivity contribution in [1.82, 2.24) is 19.9 Å². The third-order valence-corrected chi connectivity index (χ3v) is 9.88. The van der Waals surface area contributed by atoms with Crippen LogP contribution in [0.1, 0.15) is 57.4 Å². The molecule has 1 amide bonds. The number of thioether (sulfide) groups is 1. The first-order valence-corrected chi connectivity index (χ1v) is 14.9. The van der Waals surface area contributed by atoms with Gasteiger partial charge in [0, 0.05) is 18.7 Å². The number of hydrogen-bond acceptors (Lipinski definition) is 9. The number of hydrogen-bond donors (Lipinski definition) is 4. The Labute approximate surface area is 239 Å². The Morgan fingerprint density at radius 2 is 1.68 bits per heavy atom. The van der Waals surface area contributed by atoms with Crippen molar-refractivity contribution in [1.29, 1.82) is 0 Å². The van der Waals surface area contributed by atoms with Gasteiger partial charge in [0.1, 0.15) is 40.7 Å². The van der Waals surface area contributed by atoms with Gasteiger partial charge in [-0.3, -0.25) is 4.79 Å². The van der Waals surface area contributed by atoms with E-state index >= 15 is 0 Å². The van der Waals surface area contributed by atoms with Crippen molar-refractivity contribution in [2.24, 2.45) is 0 Å². The Morgan fingerprint density at radius 1 is 1.05 bits per heavy atom. The Kier molecular flexibility index (Phi) is 9.26. The van der Waals surface area contributed by atoms with E-state index in [4.69, 9.17) is 4.74 Å². The summed E-state index contributed by atoms with van der Waals surface area (Å²) in [6, 6.07) is 0.266. The summed E-state index contributed by atoms with van der Waals surface area (Å²) in [7, 11) is 0. The van der Waals surface area contributed by atoms with E-state index in [1.807, 2.05) is 0 Å². The molecule has 3 heterocycles. The van der Waals surface area contributed by atoms with Crippen LogP contribution < -0.4 is 0 Å². The number of aromatic nitrogens is 3. The Bertz CT molecular complexity index is 1200. The normalized spacial score (nSPS) is 29.3. The average molecular weight is 601 g/mol. The molecule has 14 heteroatoms. The van der Waals surface area contributed by atoms with Crippen molar-refractivity contribution >= 4 is 17.7 Å². The fourth-order valence-corrected chi connectivity index (χ4v) is 7.56. The summed E-state index contributed by atoms with van der Waals surface area (Å²) < 4.78 is 48.1. The van der Waals surface area contributed by atoms with Crippen LogP contribution in [0.25, 0.3) is 11.3 Å². The number of piperidine rings is 1. The third-order valence-electron chi connectivity index (χ3n) is 8.31. The van der Waals surface area contributed by atoms with E-state index in [2.05, 4.69) is 10.3 Å². The molecule has 0 spiro atoms. The van der Waals surface area contributed by atoms with Crippen LogP contribution in [0.2, 0.25) is 0 Å². The van der Waals surface area contributed by atoms with Crippen LogP contribution in [-0.4, -0.2) is 101 Å². The van der Waals surface area contributed by atoms with Gasteiger partial charge in [-0.05, 0) is 44.2 Å². The van der Waals surface area contributed by atoms with E-state index in [1.165, 1.54) is 6.20 Å². The molecule has 41 heavy (non-hydrogen) atoms. The van der Waals surface area contributed by atoms with Gasteiger partial charge in [0.25, 0.3) is 0 Å². The van der Waals surface area contributed by atoms with E-state index in [0.717, 1.165) is 67.1 Å². The summed E-state index contributed by atoms with van der Waals surface area (Å²) in [6.45, 7) is 0.534. The molecule has 1 aromatic heterocycles. The Hall–Kier alpha value is -2.23. The zero-order chi connectivity index (χ0) is 29.3. The zero-order valence-corrected chi connectivity index (χ0v) is 23.2. The first-order valence-electron chi connectivity index (χ1n) is 14.0. The minimum Gasteiger partial charge on any atom is -0.394 e. The molecule has 1 saturated carbocycles. The van der Waals surface area contributed by atoms with Gasteiger partial charge in [-0.25, -0.2) is 17.9 Å². The molecule has 226 valence electrons. The highest BCUT2D eigenvalue weighted by Gasteiger charge is 2.51. The van der Waals surface area contributed by atoms with Crippen LogP contribution in [0.5, 0.6) is 0 Å². The molecule has 0 radical (unpaired) electrons. The maximum atomic E-state index is 13.8. The standard InChI is InChI=1S/C27H35F3N4O6S/c28-16-11-15(12-17(29)20(16)30)18-13-34(32-31-18)21-22(36)19(14-35)40-26(23(21)37)41-24(27(39)7-3-1-4-8-27)25(38)33-9-5-2-6-10-33/h11-13,19,21-24,26,35-37,39H,1-10,14H2/t19-,21+,22+,23-,24?,26+/m1/s1. The molecule has 2 aliphatic heterocycles. The highest BCUT2D eigenvalue weighted by Crippen LogP contribution is 2.44. The minimum atomic E-state index is -1.63. The van der Waals surface area contributed by atoms with Gasteiger partial charge in [-0.15, -0.1) is 16.9 Å². The lowest BCUT2D eigenvalue weighted by molar-refractivity contribution is -0.179. The maximum absolute atomic E-state index is 13.8. The van der Waals surface area contributed by atoms with Gasteiger partial charge in [0.05, 0.1) is 18.4 Å². The fourth-order valence-electron chi connectivity index (χ4n) is 6.01. The molecule has 1 unspecified atom stereocenters. The van der Waals surface area contributed by atoms with Gasteiger partial charge in [0.2, 0.25) is 5.91 Å². The van der Waals surface area contributed by atoms with Crippen LogP contribution >= 0.6 is 11.8 Å². The van der Waals surface area contributed by atoms with Gasteiger partial charge in [0.15, 0.2) is 17.5 Å². The molecule has 5 rings (SSSR count). The molecule has 0 bridgehead atoms. The van der Waals surface area contributed by atoms with Crippen molar-refractivity contribution in [2.75, 3.05) is 19.7 Å². The third kappa shape index (κ3) is 6.13. The summed E-state index contributed by atoms with van der Waals surface area (Å²) in [5.41, 5.74) is -2.63. The van der Waals surface area contributed by atoms with E-state index in [-0.39, 0.29) is 17.2 Å². The van der Waals surface area contributed by atoms with Crippen LogP contribution in [0.4, 0.5) is 13.2 Å². The van der Waals surface area contributed by atoms with E-state index < -0.39 is 64.7 Å². The number of benzene rings is 1. The second kappa shape index (κ2) is 12.6. The van der Waals surface area contributed by atoms with Crippen LogP contribution in [-0.2, 0) is 9.53 Å². The predicted octanol–water partition coefficient (Wildman–Crippen LogP) is 2.15. The van der Waals surface area contributed by atoms with Gasteiger partial charge < -0.3 is 30.1 Å². The second-order valence-electron chi connectivity index (χ2n) is 11.1. The molecule has 4 N–H and O–H groups in total. The van der Waals surface area contributed by atoms with E-state index in [1.54, 1.807) is 4.90 Å². The lowest BCUT2D eigenvalue weighted by Crippen LogP contribution is -2.58. The molecule has 1 aromatic carbocycles. The SMILES string of the molecule is O=C(C(S[C@@H]1O[C@H](CO)[C@H](O)[C@H](n2cc(-c3cc(F)c(F)c(F)c3)nn2)[C@H]1O)C1(O)CCCCC1)N1CCCCC1. The summed E-state index contributed by atoms with van der Waals surface area (Å²) in [5.74, 6) is -4.69. The number of nitrogens with zero attached hydrogens (tertiary/aromatic N) is 4. The molecular weight excluding hydrogens is 565 g/mol. The number of amides is 1. The quantitative estimate of drug-likeness (QED) is 0.352. The first-order chi connectivity index (χ1) is 19.6. The van der Waals surface area contributed by atoms with Gasteiger partial charge in [-0.1, -0.05) is 24.5 Å². The lowest BCUT2D eigenvalue weighted by atomic mass is 9.81. The lowest BCUT2D eigenvalue weighted by Gasteiger charge is -2.46. The summed E-state index contributed by atoms with van der Waals surface area (Å²) >= 11 is 0.971. The number of carbonyl (C=O) groups excluding carboxylic acids is 1. The highest BCUT2D eigenvalue weighted by molar-refractivity contribution is 8.01. The Balaban J connectivity index is 1.43. The largest absolute Gasteiger partial charge is 0.394 e. The number of likely N-dealkylation sites (tertiary alicyclic amines) is 1. The van der Waals surface area contributed by atoms with Gasteiger partial charge >= 0.3 is 0 Å². The molecular formula is C27H35F3N4O6S. The molecule has 3 fully saturated rings. The monoisotopic (exact) mass is 600 g/mol. The zero-order valence-electron chi connectivity index (χ0n) is 22.4. The number of aliphatic hydroxyl groups excluding tert-OH is 3. The summed E-state index contributed by atoms with van der Waals surface area (Å²) in [4.78, 5) is 15.5. The summed E-state index contributed by atoms with van der Waals surface area (Å²) in [6.07, 6.45) is 3.11. The topological polar surface area (TPSA) is 141 Å². The Morgan fingerprint density at radius 3 is 2.32 bits per heavy atom. The van der Waals surface area contributed by atoms with E-state index in [0.29, 0.717) is 25.9 Å². The number of rotatable bonds is 7. The minimum absolute atomic E-state index is 0.0480. The van der Waals surface area contributed by atoms with Crippen molar-refractivity contribution < 1.29 is 43.1 Å². The molecule has 10 nitrogen and oxygen atoms in total. The smallest absolute Gasteiger partial charge is 0.238 e. The number of halogens is 3. The molecule has 3 aliphatic rings. The molecule has 2 saturated heterocycles. The van der Waals surface area contributed by atoms with Crippen LogP contribution in [0, 0.1) is 17.5 Å². The number of carbonyl (C=O) groups is 1. The highest BCUT2D eigenvalue weighted by atomic mass is 32.2. The number of aliphatic hydroxyl groups is 4. The average Bonchev–Trinajstić information content (AvgIpc) is 3.45. The predicted molar refractivity (Wildman–Crippen MR) is 142 cm³/mol. The molecule has 6 atom stereocenters. The summed E-state index contributed by atoms with van der Waals surface area (Å²) in [5, 5.41) is 50.9. The van der Waals surface area contributed by atoms with Crippen LogP contribution in [0.15, 0.2) is 18.3 Å². The molecule has 2 aromatic rings. The van der Waals surface area contributed by atoms with Crippen molar-refractivity contribution in [3.63, 3.8) is 0 Å². The van der Waals surface area contributed by atoms with Crippen molar-refractivity contribution in [3.05, 3.63) is 35.8 Å². The van der Waals surface area contributed by atoms with Crippen molar-refractivity contribution in [2.45, 2.75) is 92.0 Å².